The van der Waals surface area contributed by atoms with Gasteiger partial charge in [-0.1, -0.05) is 182 Å². The van der Waals surface area contributed by atoms with E-state index in [4.69, 9.17) is 15.0 Å². The second-order valence-corrected chi connectivity index (χ2v) is 18.5. The third-order valence-electron chi connectivity index (χ3n) is 13.3. The second kappa shape index (κ2) is 13.7. The van der Waals surface area contributed by atoms with Gasteiger partial charge in [0, 0.05) is 27.8 Å². The summed E-state index contributed by atoms with van der Waals surface area (Å²) in [5.74, 6) is 1.71. The Morgan fingerprint density at radius 2 is 0.750 bits per heavy atom. The fraction of sp³-hybridized carbons (Fsp3) is 0.0172. The molecule has 1 atom stereocenters. The van der Waals surface area contributed by atoms with E-state index in [0.29, 0.717) is 27.3 Å². The first-order valence-corrected chi connectivity index (χ1v) is 22.9. The van der Waals surface area contributed by atoms with E-state index in [-0.39, 0.29) is 0 Å². The molecule has 5 nitrogen and oxygen atoms in total. The van der Waals surface area contributed by atoms with Crippen LogP contribution in [0.5, 0.6) is 0 Å². The Hall–Kier alpha value is -8.06. The van der Waals surface area contributed by atoms with Crippen LogP contribution >= 0.6 is 0 Å². The van der Waals surface area contributed by atoms with Crippen molar-refractivity contribution >= 4 is 9.84 Å². The molecule has 9 aromatic carbocycles. The smallest absolute Gasteiger partial charge is 0.207 e. The van der Waals surface area contributed by atoms with Gasteiger partial charge in [-0.2, -0.15) is 0 Å². The first-order valence-electron chi connectivity index (χ1n) is 21.4. The summed E-state index contributed by atoms with van der Waals surface area (Å²) < 4.78 is 28.6. The van der Waals surface area contributed by atoms with E-state index in [0.717, 1.165) is 94.6 Å². The third kappa shape index (κ3) is 5.17. The zero-order valence-corrected chi connectivity index (χ0v) is 35.1. The van der Waals surface area contributed by atoms with Crippen LogP contribution in [0.2, 0.25) is 0 Å². The van der Waals surface area contributed by atoms with Crippen LogP contribution in [-0.2, 0) is 15.3 Å². The van der Waals surface area contributed by atoms with Crippen LogP contribution in [0, 0.1) is 0 Å². The van der Waals surface area contributed by atoms with Crippen molar-refractivity contribution < 1.29 is 8.42 Å². The lowest BCUT2D eigenvalue weighted by Crippen LogP contribution is -2.29. The van der Waals surface area contributed by atoms with Crippen molar-refractivity contribution in [2.75, 3.05) is 0 Å². The van der Waals surface area contributed by atoms with Gasteiger partial charge in [-0.25, -0.2) is 23.4 Å². The average Bonchev–Trinajstić information content (AvgIpc) is 3.73. The minimum atomic E-state index is -3.74. The monoisotopic (exact) mass is 837 g/mol. The van der Waals surface area contributed by atoms with E-state index < -0.39 is 15.3 Å². The third-order valence-corrected chi connectivity index (χ3v) is 15.2. The van der Waals surface area contributed by atoms with Crippen molar-refractivity contribution in [3.8, 4) is 89.8 Å². The van der Waals surface area contributed by atoms with Gasteiger partial charge in [0.05, 0.1) is 15.2 Å². The minimum Gasteiger partial charge on any atom is -0.218 e. The Labute approximate surface area is 371 Å². The van der Waals surface area contributed by atoms with Gasteiger partial charge in [0.1, 0.15) is 0 Å². The van der Waals surface area contributed by atoms with Crippen LogP contribution in [-0.4, -0.2) is 23.4 Å². The Morgan fingerprint density at radius 3 is 1.42 bits per heavy atom. The van der Waals surface area contributed by atoms with Crippen molar-refractivity contribution in [3.05, 3.63) is 235 Å². The molecule has 1 aromatic heterocycles. The molecular formula is C58H35N3O2S. The lowest BCUT2D eigenvalue weighted by Gasteiger charge is -2.35. The van der Waals surface area contributed by atoms with E-state index in [1.165, 1.54) is 0 Å². The fourth-order valence-corrected chi connectivity index (χ4v) is 12.2. The SMILES string of the molecule is O=S1(=O)c2ccccc2-c2cc3c(cc21)-c1ccccc1C31c2ccccc2-c2ccccc2-c2ccc(-c3nc(-c4ccccc4)nc(-c4cccc(-c5ccccc5)c4)n3)cc21. The highest BCUT2D eigenvalue weighted by molar-refractivity contribution is 7.92. The minimum absolute atomic E-state index is 0.348. The molecule has 10 aromatic rings. The van der Waals surface area contributed by atoms with Crippen LogP contribution in [0.4, 0.5) is 0 Å². The summed E-state index contributed by atoms with van der Waals surface area (Å²) in [6.07, 6.45) is 0. The number of hydrogen-bond donors (Lipinski definition) is 0. The topological polar surface area (TPSA) is 72.8 Å². The normalized spacial score (nSPS) is 15.5. The molecule has 0 fully saturated rings. The fourth-order valence-electron chi connectivity index (χ4n) is 10.5. The van der Waals surface area contributed by atoms with E-state index in [2.05, 4.69) is 133 Å². The van der Waals surface area contributed by atoms with Crippen molar-refractivity contribution in [1.82, 2.24) is 15.0 Å². The van der Waals surface area contributed by atoms with Gasteiger partial charge in [0.15, 0.2) is 17.5 Å². The van der Waals surface area contributed by atoms with Gasteiger partial charge in [0.25, 0.3) is 0 Å². The molecule has 2 heterocycles. The van der Waals surface area contributed by atoms with Crippen LogP contribution in [0.1, 0.15) is 22.3 Å². The molecule has 1 spiro atoms. The summed E-state index contributed by atoms with van der Waals surface area (Å²) >= 11 is 0. The summed E-state index contributed by atoms with van der Waals surface area (Å²) in [6.45, 7) is 0. The molecule has 1 aliphatic heterocycles. The molecule has 64 heavy (non-hydrogen) atoms. The molecule has 13 rings (SSSR count). The summed E-state index contributed by atoms with van der Waals surface area (Å²) in [4.78, 5) is 16.4. The standard InChI is InChI=1S/C58H35N3O2S/c62-64(63)53-29-14-11-26-46(53)48-34-52-47(35-54(48)64)44-25-10-13-28-50(44)58(52)49-27-12-9-24-43(49)41-22-7-8-23-42(41)45-31-30-40(33-51(45)58)57-60-55(37-18-5-2-6-19-37)59-56(61-57)39-21-15-20-38(32-39)36-16-3-1-4-17-36/h1-35H. The van der Waals surface area contributed by atoms with Gasteiger partial charge in [0.2, 0.25) is 9.84 Å². The number of aromatic nitrogens is 3. The molecule has 3 aliphatic rings. The molecule has 0 radical (unpaired) electrons. The maximum absolute atomic E-state index is 14.3. The molecule has 2 aliphatic carbocycles. The van der Waals surface area contributed by atoms with E-state index in [1.807, 2.05) is 66.7 Å². The maximum atomic E-state index is 14.3. The quantitative estimate of drug-likeness (QED) is 0.177. The number of rotatable bonds is 4. The van der Waals surface area contributed by atoms with Crippen LogP contribution < -0.4 is 0 Å². The number of nitrogens with zero attached hydrogens (tertiary/aromatic N) is 3. The molecule has 0 N–H and O–H groups in total. The molecule has 0 amide bonds. The van der Waals surface area contributed by atoms with Gasteiger partial charge < -0.3 is 0 Å². The molecule has 0 saturated heterocycles. The second-order valence-electron chi connectivity index (χ2n) is 16.7. The highest BCUT2D eigenvalue weighted by atomic mass is 32.2. The molecular weight excluding hydrogens is 803 g/mol. The van der Waals surface area contributed by atoms with Crippen molar-refractivity contribution in [3.63, 3.8) is 0 Å². The first-order chi connectivity index (χ1) is 31.5. The van der Waals surface area contributed by atoms with E-state index >= 15 is 0 Å². The lowest BCUT2D eigenvalue weighted by molar-refractivity contribution is 0.598. The first kappa shape index (κ1) is 36.6. The number of sulfone groups is 1. The summed E-state index contributed by atoms with van der Waals surface area (Å²) in [6, 6.07) is 72.8. The van der Waals surface area contributed by atoms with Crippen LogP contribution in [0.15, 0.2) is 222 Å². The van der Waals surface area contributed by atoms with Gasteiger partial charge in [-0.15, -0.1) is 0 Å². The Morgan fingerprint density at radius 1 is 0.281 bits per heavy atom. The summed E-state index contributed by atoms with van der Waals surface area (Å²) in [5, 5.41) is 0. The van der Waals surface area contributed by atoms with Crippen molar-refractivity contribution in [2.24, 2.45) is 0 Å². The van der Waals surface area contributed by atoms with Gasteiger partial charge in [-0.3, -0.25) is 0 Å². The summed E-state index contributed by atoms with van der Waals surface area (Å²) in [5.41, 5.74) is 16.1. The Kier molecular flexibility index (Phi) is 7.84. The van der Waals surface area contributed by atoms with Gasteiger partial charge >= 0.3 is 0 Å². The zero-order chi connectivity index (χ0) is 42.6. The van der Waals surface area contributed by atoms with Crippen LogP contribution in [0.25, 0.3) is 89.8 Å². The predicted molar refractivity (Wildman–Crippen MR) is 254 cm³/mol. The van der Waals surface area contributed by atoms with Crippen molar-refractivity contribution in [1.29, 1.82) is 0 Å². The average molecular weight is 838 g/mol. The van der Waals surface area contributed by atoms with Crippen molar-refractivity contribution in [2.45, 2.75) is 15.2 Å². The van der Waals surface area contributed by atoms with E-state index in [1.54, 1.807) is 12.1 Å². The Balaban J connectivity index is 1.12. The number of benzene rings is 9. The lowest BCUT2D eigenvalue weighted by atomic mass is 9.65. The molecule has 6 heteroatoms. The number of fused-ring (bicyclic) bond motifs is 15. The predicted octanol–water partition coefficient (Wildman–Crippen LogP) is 13.4. The van der Waals surface area contributed by atoms with E-state index in [9.17, 15) is 8.42 Å². The molecule has 0 bridgehead atoms. The van der Waals surface area contributed by atoms with Gasteiger partial charge in [-0.05, 0) is 97.1 Å². The highest BCUT2D eigenvalue weighted by Crippen LogP contribution is 2.63. The van der Waals surface area contributed by atoms with Crippen LogP contribution in [0.3, 0.4) is 0 Å². The highest BCUT2D eigenvalue weighted by Gasteiger charge is 2.51. The molecule has 300 valence electrons. The maximum Gasteiger partial charge on any atom is 0.207 e. The zero-order valence-electron chi connectivity index (χ0n) is 34.3. The summed E-state index contributed by atoms with van der Waals surface area (Å²) in [7, 11) is -3.74. The molecule has 1 unspecified atom stereocenters. The molecule has 0 saturated carbocycles. The number of hydrogen-bond acceptors (Lipinski definition) is 5. The Bertz CT molecular complexity index is 3700. The largest absolute Gasteiger partial charge is 0.218 e.